The lowest BCUT2D eigenvalue weighted by Crippen LogP contribution is -2.54. The molecule has 0 aromatic heterocycles. The van der Waals surface area contributed by atoms with Gasteiger partial charge >= 0.3 is 5.97 Å². The molecule has 8 nitrogen and oxygen atoms in total. The number of carbonyl (C=O) groups excluding carboxylic acids is 2. The molecule has 1 aliphatic rings. The van der Waals surface area contributed by atoms with Gasteiger partial charge in [-0.2, -0.15) is 0 Å². The molecule has 1 heterocycles. The van der Waals surface area contributed by atoms with Crippen LogP contribution in [0.15, 0.2) is 76.8 Å². The number of hydrogen-bond acceptors (Lipinski definition) is 6. The van der Waals surface area contributed by atoms with Gasteiger partial charge < -0.3 is 14.6 Å². The Morgan fingerprint density at radius 3 is 2.56 bits per heavy atom. The summed E-state index contributed by atoms with van der Waals surface area (Å²) in [5, 5.41) is 11.6. The van der Waals surface area contributed by atoms with Gasteiger partial charge in [0.05, 0.1) is 22.8 Å². The number of thiocarbonyl (C=S) groups is 1. The van der Waals surface area contributed by atoms with Crippen LogP contribution in [-0.2, 0) is 16.2 Å². The highest BCUT2D eigenvalue weighted by Gasteiger charge is 2.34. The third-order valence-corrected chi connectivity index (χ3v) is 6.12. The van der Waals surface area contributed by atoms with Crippen molar-refractivity contribution in [2.75, 3.05) is 12.0 Å². The first-order valence-electron chi connectivity index (χ1n) is 10.6. The van der Waals surface area contributed by atoms with Gasteiger partial charge in [0.15, 0.2) is 16.6 Å². The van der Waals surface area contributed by atoms with Crippen LogP contribution in [0.2, 0.25) is 0 Å². The molecule has 0 radical (unpaired) electrons. The summed E-state index contributed by atoms with van der Waals surface area (Å²) in [4.78, 5) is 38.4. The highest BCUT2D eigenvalue weighted by molar-refractivity contribution is 9.10. The van der Waals surface area contributed by atoms with E-state index in [0.717, 1.165) is 10.5 Å². The van der Waals surface area contributed by atoms with Crippen molar-refractivity contribution < 1.29 is 29.0 Å². The van der Waals surface area contributed by atoms with Crippen molar-refractivity contribution in [3.8, 4) is 11.5 Å². The number of nitrogens with zero attached hydrogens (tertiary/aromatic N) is 1. The highest BCUT2D eigenvalue weighted by Crippen LogP contribution is 2.38. The van der Waals surface area contributed by atoms with Gasteiger partial charge in [0.1, 0.15) is 12.2 Å². The van der Waals surface area contributed by atoms with Gasteiger partial charge in [-0.25, -0.2) is 4.79 Å². The molecule has 2 N–H and O–H groups in total. The van der Waals surface area contributed by atoms with Crippen LogP contribution < -0.4 is 19.7 Å². The summed E-state index contributed by atoms with van der Waals surface area (Å²) >= 11 is 8.67. The molecule has 4 rings (SSSR count). The number of anilines is 1. The molecule has 1 aliphatic heterocycles. The van der Waals surface area contributed by atoms with Crippen molar-refractivity contribution in [2.24, 2.45) is 0 Å². The number of carboxylic acids is 1. The van der Waals surface area contributed by atoms with Gasteiger partial charge in [-0.3, -0.25) is 19.8 Å². The maximum Gasteiger partial charge on any atom is 0.335 e. The first-order valence-corrected chi connectivity index (χ1v) is 11.8. The molecule has 0 unspecified atom stereocenters. The third kappa shape index (κ3) is 5.29. The Balaban J connectivity index is 1.66. The van der Waals surface area contributed by atoms with Crippen molar-refractivity contribution in [3.05, 3.63) is 93.5 Å². The normalized spacial score (nSPS) is 14.6. The number of carboxylic acid groups (broad SMARTS) is 1. The fourth-order valence-corrected chi connectivity index (χ4v) is 4.38. The fourth-order valence-electron chi connectivity index (χ4n) is 3.53. The van der Waals surface area contributed by atoms with E-state index in [1.54, 1.807) is 12.1 Å². The van der Waals surface area contributed by atoms with E-state index in [1.165, 1.54) is 37.5 Å². The van der Waals surface area contributed by atoms with E-state index in [-0.39, 0.29) is 21.9 Å². The second-order valence-corrected chi connectivity index (χ2v) is 8.86. The Morgan fingerprint density at radius 1 is 1.11 bits per heavy atom. The number of aromatic carboxylic acids is 1. The largest absolute Gasteiger partial charge is 0.493 e. The van der Waals surface area contributed by atoms with Crippen LogP contribution >= 0.6 is 28.1 Å². The van der Waals surface area contributed by atoms with Gasteiger partial charge in [-0.05, 0) is 75.7 Å². The molecule has 0 spiro atoms. The first-order chi connectivity index (χ1) is 17.3. The number of methoxy groups -OCH3 is 1. The van der Waals surface area contributed by atoms with E-state index in [1.807, 2.05) is 30.3 Å². The molecule has 2 amide bonds. The van der Waals surface area contributed by atoms with E-state index >= 15 is 0 Å². The zero-order chi connectivity index (χ0) is 25.8. The maximum atomic E-state index is 13.3. The van der Waals surface area contributed by atoms with E-state index in [2.05, 4.69) is 21.2 Å². The molecule has 0 atom stereocenters. The maximum absolute atomic E-state index is 13.3. The molecular formula is C26H19BrN2O6S. The molecule has 0 saturated carbocycles. The number of amides is 2. The molecule has 3 aromatic carbocycles. The zero-order valence-electron chi connectivity index (χ0n) is 18.9. The Hall–Kier alpha value is -4.02. The fraction of sp³-hybridized carbons (Fsp3) is 0.0769. The Kier molecular flexibility index (Phi) is 7.47. The van der Waals surface area contributed by atoms with Crippen LogP contribution in [0, 0.1) is 0 Å². The molecule has 3 aromatic rings. The number of hydrogen-bond donors (Lipinski definition) is 2. The number of rotatable bonds is 7. The van der Waals surface area contributed by atoms with Crippen LogP contribution in [0.4, 0.5) is 5.69 Å². The molecule has 1 saturated heterocycles. The summed E-state index contributed by atoms with van der Waals surface area (Å²) in [7, 11) is 1.49. The smallest absolute Gasteiger partial charge is 0.335 e. The zero-order valence-corrected chi connectivity index (χ0v) is 21.3. The quantitative estimate of drug-likeness (QED) is 0.245. The molecule has 0 aliphatic carbocycles. The molecule has 36 heavy (non-hydrogen) atoms. The van der Waals surface area contributed by atoms with Gasteiger partial charge in [0.25, 0.3) is 11.8 Å². The number of benzene rings is 3. The van der Waals surface area contributed by atoms with Crippen molar-refractivity contribution in [3.63, 3.8) is 0 Å². The van der Waals surface area contributed by atoms with Gasteiger partial charge in [0, 0.05) is 0 Å². The Morgan fingerprint density at radius 2 is 1.86 bits per heavy atom. The van der Waals surface area contributed by atoms with Crippen molar-refractivity contribution in [1.82, 2.24) is 5.32 Å². The third-order valence-electron chi connectivity index (χ3n) is 5.24. The minimum atomic E-state index is -1.15. The Bertz CT molecular complexity index is 1410. The van der Waals surface area contributed by atoms with Crippen LogP contribution in [0.5, 0.6) is 11.5 Å². The van der Waals surface area contributed by atoms with E-state index in [9.17, 15) is 19.5 Å². The standard InChI is InChI=1S/C26H19BrN2O6S/c1-34-21-12-16(11-20(27)22(21)35-14-15-6-3-2-4-7-15)10-19-23(30)28-26(36)29(24(19)31)18-9-5-8-17(13-18)25(32)33/h2-13H,14H2,1H3,(H,32,33)(H,28,30,36). The Labute approximate surface area is 220 Å². The molecule has 1 fully saturated rings. The van der Waals surface area contributed by atoms with Gasteiger partial charge in [-0.15, -0.1) is 0 Å². The second kappa shape index (κ2) is 10.7. The van der Waals surface area contributed by atoms with Gasteiger partial charge in [-0.1, -0.05) is 36.4 Å². The predicted molar refractivity (Wildman–Crippen MR) is 141 cm³/mol. The number of ether oxygens (including phenoxy) is 2. The monoisotopic (exact) mass is 566 g/mol. The van der Waals surface area contributed by atoms with E-state index < -0.39 is 17.8 Å². The lowest BCUT2D eigenvalue weighted by molar-refractivity contribution is -0.122. The second-order valence-electron chi connectivity index (χ2n) is 7.62. The lowest BCUT2D eigenvalue weighted by Gasteiger charge is -2.29. The summed E-state index contributed by atoms with van der Waals surface area (Å²) in [6, 6.07) is 18.7. The van der Waals surface area contributed by atoms with Crippen LogP contribution in [0.3, 0.4) is 0 Å². The van der Waals surface area contributed by atoms with Crippen LogP contribution in [0.1, 0.15) is 21.5 Å². The van der Waals surface area contributed by atoms with Crippen molar-refractivity contribution >= 4 is 62.8 Å². The van der Waals surface area contributed by atoms with Crippen molar-refractivity contribution in [2.45, 2.75) is 6.61 Å². The summed E-state index contributed by atoms with van der Waals surface area (Å²) in [5.41, 5.74) is 1.49. The first kappa shape index (κ1) is 25.1. The topological polar surface area (TPSA) is 105 Å². The van der Waals surface area contributed by atoms with Gasteiger partial charge in [0.2, 0.25) is 0 Å². The molecular weight excluding hydrogens is 548 g/mol. The van der Waals surface area contributed by atoms with Crippen LogP contribution in [-0.4, -0.2) is 35.1 Å². The SMILES string of the molecule is COc1cc(C=C2C(=O)NC(=S)N(c3cccc(C(=O)O)c3)C2=O)cc(Br)c1OCc1ccccc1. The number of nitrogens with one attached hydrogen (secondary N) is 1. The summed E-state index contributed by atoms with van der Waals surface area (Å²) in [6.07, 6.45) is 1.40. The minimum Gasteiger partial charge on any atom is -0.493 e. The summed E-state index contributed by atoms with van der Waals surface area (Å²) < 4.78 is 12.0. The molecule has 182 valence electrons. The number of carbonyl (C=O) groups is 3. The summed E-state index contributed by atoms with van der Waals surface area (Å²) in [5.74, 6) is -1.65. The van der Waals surface area contributed by atoms with Crippen molar-refractivity contribution in [1.29, 1.82) is 0 Å². The predicted octanol–water partition coefficient (Wildman–Crippen LogP) is 4.57. The number of halogens is 1. The average Bonchev–Trinajstić information content (AvgIpc) is 2.86. The highest BCUT2D eigenvalue weighted by atomic mass is 79.9. The average molecular weight is 567 g/mol. The minimum absolute atomic E-state index is 0.0229. The van der Waals surface area contributed by atoms with E-state index in [0.29, 0.717) is 28.1 Å². The molecule has 10 heteroatoms. The summed E-state index contributed by atoms with van der Waals surface area (Å²) in [6.45, 7) is 0.318. The van der Waals surface area contributed by atoms with E-state index in [4.69, 9.17) is 21.7 Å². The lowest BCUT2D eigenvalue weighted by atomic mass is 10.1. The molecule has 0 bridgehead atoms. The van der Waals surface area contributed by atoms with Crippen LogP contribution in [0.25, 0.3) is 6.08 Å².